The fourth-order valence-corrected chi connectivity index (χ4v) is 1.42. The van der Waals surface area contributed by atoms with Crippen LogP contribution in [-0.2, 0) is 9.53 Å². The molecule has 88 valence electrons. The molecule has 0 saturated carbocycles. The van der Waals surface area contributed by atoms with Gasteiger partial charge < -0.3 is 4.74 Å². The quantitative estimate of drug-likeness (QED) is 0.347. The lowest BCUT2D eigenvalue weighted by atomic mass is 10.1. The molecule has 0 aliphatic heterocycles. The second-order valence-electron chi connectivity index (χ2n) is 3.96. The average Bonchev–Trinajstić information content (AvgIpc) is 2.15. The molecule has 0 aromatic carbocycles. The predicted molar refractivity (Wildman–Crippen MR) is 63.7 cm³/mol. The van der Waals surface area contributed by atoms with Gasteiger partial charge in [0, 0.05) is 6.92 Å². The molecular formula is C13H24O2. The summed E-state index contributed by atoms with van der Waals surface area (Å²) in [5.41, 5.74) is 0. The molecule has 15 heavy (non-hydrogen) atoms. The summed E-state index contributed by atoms with van der Waals surface area (Å²) in [5.74, 6) is -0.186. The number of unbranched alkanes of at least 4 members (excludes halogenated alkanes) is 3. The Morgan fingerprint density at radius 1 is 1.27 bits per heavy atom. The predicted octanol–water partition coefficient (Wildman–Crippen LogP) is 3.85. The lowest BCUT2D eigenvalue weighted by Crippen LogP contribution is -2.11. The molecule has 0 heterocycles. The van der Waals surface area contributed by atoms with Crippen molar-refractivity contribution in [2.24, 2.45) is 0 Å². The van der Waals surface area contributed by atoms with Gasteiger partial charge in [-0.15, -0.1) is 0 Å². The van der Waals surface area contributed by atoms with Crippen molar-refractivity contribution in [3.63, 3.8) is 0 Å². The number of rotatable bonds is 8. The van der Waals surface area contributed by atoms with Gasteiger partial charge in [-0.1, -0.05) is 31.9 Å². The summed E-state index contributed by atoms with van der Waals surface area (Å²) in [7, 11) is 0. The van der Waals surface area contributed by atoms with Crippen molar-refractivity contribution in [2.75, 3.05) is 0 Å². The van der Waals surface area contributed by atoms with E-state index in [1.807, 2.05) is 6.92 Å². The summed E-state index contributed by atoms with van der Waals surface area (Å²) in [5, 5.41) is 0. The monoisotopic (exact) mass is 212 g/mol. The highest BCUT2D eigenvalue weighted by molar-refractivity contribution is 5.66. The fourth-order valence-electron chi connectivity index (χ4n) is 1.42. The number of ether oxygens (including phenoxy) is 1. The topological polar surface area (TPSA) is 26.3 Å². The molecule has 2 heteroatoms. The zero-order chi connectivity index (χ0) is 11.5. The molecule has 0 aliphatic rings. The molecule has 0 aromatic heterocycles. The van der Waals surface area contributed by atoms with E-state index in [2.05, 4.69) is 19.1 Å². The zero-order valence-corrected chi connectivity index (χ0v) is 10.3. The summed E-state index contributed by atoms with van der Waals surface area (Å²) >= 11 is 0. The average molecular weight is 212 g/mol. The van der Waals surface area contributed by atoms with E-state index >= 15 is 0 Å². The van der Waals surface area contributed by atoms with Gasteiger partial charge in [-0.25, -0.2) is 0 Å². The van der Waals surface area contributed by atoms with Gasteiger partial charge in [0.1, 0.15) is 0 Å². The summed E-state index contributed by atoms with van der Waals surface area (Å²) in [6.07, 6.45) is 11.4. The Bertz CT molecular complexity index is 185. The molecule has 0 aromatic rings. The first kappa shape index (κ1) is 14.2. The number of hydrogen-bond donors (Lipinski definition) is 0. The lowest BCUT2D eigenvalue weighted by Gasteiger charge is -2.09. The van der Waals surface area contributed by atoms with Gasteiger partial charge in [-0.3, -0.25) is 4.79 Å². The minimum absolute atomic E-state index is 0.0443. The highest BCUT2D eigenvalue weighted by atomic mass is 16.5. The van der Waals surface area contributed by atoms with Crippen LogP contribution < -0.4 is 0 Å². The minimum atomic E-state index is -0.186. The van der Waals surface area contributed by atoms with Crippen LogP contribution in [0, 0.1) is 0 Å². The first-order valence-corrected chi connectivity index (χ1v) is 5.99. The van der Waals surface area contributed by atoms with E-state index in [-0.39, 0.29) is 12.1 Å². The molecule has 2 nitrogen and oxygen atoms in total. The molecule has 0 radical (unpaired) electrons. The third-order valence-electron chi connectivity index (χ3n) is 2.25. The SMILES string of the molecule is CCCCC/C=C/CCC(C)OC(C)=O. The van der Waals surface area contributed by atoms with Gasteiger partial charge in [0.05, 0.1) is 6.10 Å². The Balaban J connectivity index is 3.32. The largest absolute Gasteiger partial charge is 0.463 e. The Morgan fingerprint density at radius 3 is 2.53 bits per heavy atom. The van der Waals surface area contributed by atoms with E-state index in [0.717, 1.165) is 12.8 Å². The Hall–Kier alpha value is -0.790. The molecule has 1 unspecified atom stereocenters. The van der Waals surface area contributed by atoms with Gasteiger partial charge in [-0.2, -0.15) is 0 Å². The molecular weight excluding hydrogens is 188 g/mol. The zero-order valence-electron chi connectivity index (χ0n) is 10.3. The number of hydrogen-bond acceptors (Lipinski definition) is 2. The van der Waals surface area contributed by atoms with Gasteiger partial charge in [0.15, 0.2) is 0 Å². The van der Waals surface area contributed by atoms with Crippen molar-refractivity contribution in [1.82, 2.24) is 0 Å². The highest BCUT2D eigenvalue weighted by Crippen LogP contribution is 2.04. The van der Waals surface area contributed by atoms with Gasteiger partial charge in [0.25, 0.3) is 0 Å². The molecule has 0 spiro atoms. The molecule has 0 aliphatic carbocycles. The van der Waals surface area contributed by atoms with Gasteiger partial charge >= 0.3 is 5.97 Å². The van der Waals surface area contributed by atoms with Crippen LogP contribution in [0.1, 0.15) is 59.3 Å². The van der Waals surface area contributed by atoms with Crippen molar-refractivity contribution < 1.29 is 9.53 Å². The number of carbonyl (C=O) groups is 1. The van der Waals surface area contributed by atoms with E-state index in [1.165, 1.54) is 32.6 Å². The normalized spacial score (nSPS) is 13.0. The molecule has 0 N–H and O–H groups in total. The maximum atomic E-state index is 10.6. The van der Waals surface area contributed by atoms with Crippen molar-refractivity contribution in [2.45, 2.75) is 65.4 Å². The summed E-state index contributed by atoms with van der Waals surface area (Å²) in [6, 6.07) is 0. The van der Waals surface area contributed by atoms with Crippen molar-refractivity contribution in [1.29, 1.82) is 0 Å². The Kier molecular flexibility index (Phi) is 9.24. The summed E-state index contributed by atoms with van der Waals surface area (Å²) in [4.78, 5) is 10.6. The molecule has 0 fully saturated rings. The van der Waals surface area contributed by atoms with Crippen LogP contribution in [0.2, 0.25) is 0 Å². The smallest absolute Gasteiger partial charge is 0.302 e. The van der Waals surface area contributed by atoms with Crippen LogP contribution in [-0.4, -0.2) is 12.1 Å². The Labute approximate surface area is 93.7 Å². The van der Waals surface area contributed by atoms with Crippen molar-refractivity contribution in [3.8, 4) is 0 Å². The second-order valence-corrected chi connectivity index (χ2v) is 3.96. The number of carbonyl (C=O) groups excluding carboxylic acids is 1. The van der Waals surface area contributed by atoms with Gasteiger partial charge in [0.2, 0.25) is 0 Å². The van der Waals surface area contributed by atoms with Gasteiger partial charge in [-0.05, 0) is 32.6 Å². The standard InChI is InChI=1S/C13H24O2/c1-4-5-6-7-8-9-10-11-12(2)15-13(3)14/h8-9,12H,4-7,10-11H2,1-3H3/b9-8+. The van der Waals surface area contributed by atoms with Crippen LogP contribution in [0.3, 0.4) is 0 Å². The first-order valence-electron chi connectivity index (χ1n) is 5.99. The Morgan fingerprint density at radius 2 is 1.93 bits per heavy atom. The van der Waals surface area contributed by atoms with Crippen LogP contribution in [0.4, 0.5) is 0 Å². The maximum Gasteiger partial charge on any atom is 0.302 e. The number of allylic oxidation sites excluding steroid dienone is 2. The van der Waals surface area contributed by atoms with E-state index in [0.29, 0.717) is 0 Å². The number of esters is 1. The fraction of sp³-hybridized carbons (Fsp3) is 0.769. The third kappa shape index (κ3) is 11.1. The van der Waals surface area contributed by atoms with Crippen LogP contribution >= 0.6 is 0 Å². The van der Waals surface area contributed by atoms with Crippen molar-refractivity contribution in [3.05, 3.63) is 12.2 Å². The maximum absolute atomic E-state index is 10.6. The van der Waals surface area contributed by atoms with Crippen molar-refractivity contribution >= 4 is 5.97 Å². The lowest BCUT2D eigenvalue weighted by molar-refractivity contribution is -0.145. The third-order valence-corrected chi connectivity index (χ3v) is 2.25. The highest BCUT2D eigenvalue weighted by Gasteiger charge is 2.02. The summed E-state index contributed by atoms with van der Waals surface area (Å²) < 4.78 is 5.02. The first-order chi connectivity index (χ1) is 7.16. The second kappa shape index (κ2) is 9.75. The molecule has 0 amide bonds. The van der Waals surface area contributed by atoms with E-state index in [4.69, 9.17) is 4.74 Å². The van der Waals surface area contributed by atoms with E-state index in [9.17, 15) is 4.79 Å². The van der Waals surface area contributed by atoms with Crippen LogP contribution in [0.15, 0.2) is 12.2 Å². The van der Waals surface area contributed by atoms with E-state index < -0.39 is 0 Å². The molecule has 0 rings (SSSR count). The van der Waals surface area contributed by atoms with E-state index in [1.54, 1.807) is 0 Å². The molecule has 0 bridgehead atoms. The van der Waals surface area contributed by atoms with Crippen LogP contribution in [0.25, 0.3) is 0 Å². The molecule has 0 saturated heterocycles. The molecule has 1 atom stereocenters. The van der Waals surface area contributed by atoms with Crippen LogP contribution in [0.5, 0.6) is 0 Å². The minimum Gasteiger partial charge on any atom is -0.463 e. The summed E-state index contributed by atoms with van der Waals surface area (Å²) in [6.45, 7) is 5.61.